The Morgan fingerprint density at radius 1 is 0.367 bits per heavy atom. The minimum Gasteiger partial charge on any atom is -0.264 e. The second-order valence-electron chi connectivity index (χ2n) is 19.7. The predicted octanol–water partition coefficient (Wildman–Crippen LogP) is 18.7. The van der Waals surface area contributed by atoms with Crippen LogP contribution in [0.4, 0.5) is 0 Å². The second kappa shape index (κ2) is 31.5. The van der Waals surface area contributed by atoms with Crippen LogP contribution in [0.2, 0.25) is 0 Å². The van der Waals surface area contributed by atoms with E-state index in [4.69, 9.17) is 0 Å². The van der Waals surface area contributed by atoms with E-state index in [2.05, 4.69) is 208 Å². The fraction of sp³-hybridized carbons (Fsp3) is 0.632. The van der Waals surface area contributed by atoms with Crippen LogP contribution in [0.5, 0.6) is 0 Å². The molecule has 60 heavy (non-hydrogen) atoms. The van der Waals surface area contributed by atoms with Crippen LogP contribution in [0.1, 0.15) is 262 Å². The van der Waals surface area contributed by atoms with Gasteiger partial charge < -0.3 is 0 Å². The summed E-state index contributed by atoms with van der Waals surface area (Å²) in [6, 6.07) is 19.8. The minimum atomic E-state index is 0.158. The van der Waals surface area contributed by atoms with E-state index in [9.17, 15) is 0 Å². The van der Waals surface area contributed by atoms with Crippen molar-refractivity contribution in [3.8, 4) is 0 Å². The molecule has 0 saturated carbocycles. The standard InChI is InChI=1S/C13H20.3C12H19N.4C2H6/c1-10(2)11-7-6-8-12(9-11)13(3,4)5;1-9(2)10-6-11(8-13-7-10)12(3,4)5;1-9(2)11-8-10(6-7-13-11)12(3,4)5;1-9(2)10-6-7-13-11(8-10)12(3,4)5;4*1-2/h6-10H,1-5H3;3*6-9H,1-5H3;4*1-2H3. The van der Waals surface area contributed by atoms with Crippen LogP contribution in [0.3, 0.4) is 0 Å². The van der Waals surface area contributed by atoms with Gasteiger partial charge in [0.15, 0.2) is 0 Å². The van der Waals surface area contributed by atoms with Gasteiger partial charge in [-0.15, -0.1) is 0 Å². The molecule has 0 aliphatic rings. The van der Waals surface area contributed by atoms with Crippen molar-refractivity contribution < 1.29 is 0 Å². The lowest BCUT2D eigenvalue weighted by Gasteiger charge is -2.20. The monoisotopic (exact) mass is 828 g/mol. The van der Waals surface area contributed by atoms with Gasteiger partial charge in [-0.3, -0.25) is 15.0 Å². The van der Waals surface area contributed by atoms with Crippen LogP contribution >= 0.6 is 0 Å². The number of hydrogen-bond acceptors (Lipinski definition) is 3. The third-order valence-corrected chi connectivity index (χ3v) is 9.17. The molecule has 0 bridgehead atoms. The SMILES string of the molecule is CC.CC.CC.CC.CC(C)c1cc(C(C)(C)C)ccn1.CC(C)c1cccc(C(C)(C)C)c1.CC(C)c1ccnc(C(C)(C)C)c1.CC(C)c1cncc(C(C)(C)C)c1. The molecule has 0 aliphatic heterocycles. The topological polar surface area (TPSA) is 38.7 Å². The zero-order chi connectivity index (χ0) is 48.2. The maximum Gasteiger partial charge on any atom is 0.0459 e. The van der Waals surface area contributed by atoms with Crippen molar-refractivity contribution in [1.29, 1.82) is 0 Å². The van der Waals surface area contributed by atoms with Gasteiger partial charge in [0.05, 0.1) is 0 Å². The van der Waals surface area contributed by atoms with Gasteiger partial charge in [0.2, 0.25) is 0 Å². The molecule has 3 aromatic heterocycles. The molecule has 0 saturated heterocycles. The van der Waals surface area contributed by atoms with E-state index in [1.54, 1.807) is 0 Å². The fourth-order valence-corrected chi connectivity index (χ4v) is 4.99. The fourth-order valence-electron chi connectivity index (χ4n) is 4.99. The maximum absolute atomic E-state index is 4.39. The summed E-state index contributed by atoms with van der Waals surface area (Å²) in [7, 11) is 0. The number of aromatic nitrogens is 3. The highest BCUT2D eigenvalue weighted by molar-refractivity contribution is 5.30. The zero-order valence-corrected chi connectivity index (χ0v) is 45.2. The van der Waals surface area contributed by atoms with Gasteiger partial charge >= 0.3 is 0 Å². The molecule has 0 fully saturated rings. The Labute approximate surface area is 376 Å². The van der Waals surface area contributed by atoms with E-state index in [1.165, 1.54) is 44.8 Å². The predicted molar refractivity (Wildman–Crippen MR) is 276 cm³/mol. The minimum absolute atomic E-state index is 0.158. The number of nitrogens with zero attached hydrogens (tertiary/aromatic N) is 3. The van der Waals surface area contributed by atoms with E-state index < -0.39 is 0 Å². The average molecular weight is 828 g/mol. The van der Waals surface area contributed by atoms with Gasteiger partial charge in [-0.2, -0.15) is 0 Å². The van der Waals surface area contributed by atoms with Crippen molar-refractivity contribution in [3.05, 3.63) is 124 Å². The molecule has 0 radical (unpaired) electrons. The van der Waals surface area contributed by atoms with Crippen molar-refractivity contribution in [2.45, 2.75) is 239 Å². The first-order valence-electron chi connectivity index (χ1n) is 23.6. The first-order valence-corrected chi connectivity index (χ1v) is 23.6. The summed E-state index contributed by atoms with van der Waals surface area (Å²) in [4.78, 5) is 13.0. The smallest absolute Gasteiger partial charge is 0.0459 e. The Morgan fingerprint density at radius 3 is 1.17 bits per heavy atom. The van der Waals surface area contributed by atoms with Crippen molar-refractivity contribution in [1.82, 2.24) is 15.0 Å². The second-order valence-corrected chi connectivity index (χ2v) is 19.7. The highest BCUT2D eigenvalue weighted by atomic mass is 14.7. The quantitative estimate of drug-likeness (QED) is 0.206. The molecule has 4 rings (SSSR count). The van der Waals surface area contributed by atoms with Crippen molar-refractivity contribution in [2.75, 3.05) is 0 Å². The van der Waals surface area contributed by atoms with E-state index in [1.807, 2.05) is 80.2 Å². The van der Waals surface area contributed by atoms with Gasteiger partial charge in [0, 0.05) is 41.6 Å². The Balaban J connectivity index is -0.000000329. The number of benzene rings is 1. The number of hydrogen-bond donors (Lipinski definition) is 0. The van der Waals surface area contributed by atoms with Crippen LogP contribution in [0, 0.1) is 0 Å². The molecule has 1 aromatic carbocycles. The lowest BCUT2D eigenvalue weighted by atomic mass is 9.85. The Morgan fingerprint density at radius 2 is 0.767 bits per heavy atom. The van der Waals surface area contributed by atoms with E-state index >= 15 is 0 Å². The lowest BCUT2D eigenvalue weighted by Crippen LogP contribution is -2.13. The molecule has 0 atom stereocenters. The van der Waals surface area contributed by atoms with Gasteiger partial charge in [-0.05, 0) is 97.6 Å². The largest absolute Gasteiger partial charge is 0.264 e. The normalized spacial score (nSPS) is 10.9. The summed E-state index contributed by atoms with van der Waals surface area (Å²) in [5.41, 5.74) is 11.5. The summed E-state index contributed by atoms with van der Waals surface area (Å²) < 4.78 is 0. The molecule has 0 spiro atoms. The molecule has 3 heterocycles. The van der Waals surface area contributed by atoms with Crippen LogP contribution in [0.25, 0.3) is 0 Å². The Hall–Kier alpha value is -3.33. The Bertz CT molecular complexity index is 1370. The summed E-state index contributed by atoms with van der Waals surface area (Å²) >= 11 is 0. The van der Waals surface area contributed by atoms with Gasteiger partial charge in [0.1, 0.15) is 0 Å². The molecule has 3 heteroatoms. The summed E-state index contributed by atoms with van der Waals surface area (Å²) in [5.74, 6) is 2.29. The number of pyridine rings is 3. The summed E-state index contributed by atoms with van der Waals surface area (Å²) in [6.07, 6.45) is 7.75. The Kier molecular flexibility index (Phi) is 33.2. The average Bonchev–Trinajstić information content (AvgIpc) is 3.20. The van der Waals surface area contributed by atoms with Gasteiger partial charge in [-0.25, -0.2) is 0 Å². The lowest BCUT2D eigenvalue weighted by molar-refractivity contribution is 0.567. The third kappa shape index (κ3) is 26.8. The molecule has 0 aliphatic carbocycles. The van der Waals surface area contributed by atoms with Crippen LogP contribution in [-0.2, 0) is 21.7 Å². The maximum atomic E-state index is 4.39. The molecule has 0 unspecified atom stereocenters. The molecule has 344 valence electrons. The van der Waals surface area contributed by atoms with Crippen LogP contribution in [0.15, 0.2) is 79.4 Å². The summed E-state index contributed by atoms with van der Waals surface area (Å²) in [6.45, 7) is 60.3. The van der Waals surface area contributed by atoms with Crippen molar-refractivity contribution >= 4 is 0 Å². The first kappa shape index (κ1) is 63.3. The van der Waals surface area contributed by atoms with Crippen molar-refractivity contribution in [3.63, 3.8) is 0 Å². The molecular weight excluding hydrogens is 727 g/mol. The van der Waals surface area contributed by atoms with Crippen LogP contribution < -0.4 is 0 Å². The first-order chi connectivity index (χ1) is 27.6. The van der Waals surface area contributed by atoms with E-state index in [0.717, 1.165) is 0 Å². The molecular formula is C57H101N3. The number of rotatable bonds is 4. The highest BCUT2D eigenvalue weighted by Crippen LogP contribution is 2.27. The van der Waals surface area contributed by atoms with Crippen molar-refractivity contribution in [2.24, 2.45) is 0 Å². The van der Waals surface area contributed by atoms with Gasteiger partial charge in [0.25, 0.3) is 0 Å². The molecule has 4 aromatic rings. The van der Waals surface area contributed by atoms with Gasteiger partial charge in [-0.1, -0.05) is 224 Å². The highest BCUT2D eigenvalue weighted by Gasteiger charge is 2.17. The molecule has 0 N–H and O–H groups in total. The molecule has 0 amide bonds. The van der Waals surface area contributed by atoms with E-state index in [-0.39, 0.29) is 21.7 Å². The van der Waals surface area contributed by atoms with E-state index in [0.29, 0.717) is 23.7 Å². The molecule has 3 nitrogen and oxygen atoms in total. The van der Waals surface area contributed by atoms with Crippen LogP contribution in [-0.4, -0.2) is 15.0 Å². The zero-order valence-electron chi connectivity index (χ0n) is 45.2. The third-order valence-electron chi connectivity index (χ3n) is 9.17. The summed E-state index contributed by atoms with van der Waals surface area (Å²) in [5, 5.41) is 0.